The molecule has 120 valence electrons. The maximum Gasteiger partial charge on any atom is 0.0176 e. The minimum absolute atomic E-state index is 0.722. The highest BCUT2D eigenvalue weighted by Crippen LogP contribution is 2.67. The molecule has 0 amide bonds. The van der Waals surface area contributed by atoms with E-state index in [1.54, 1.807) is 44.9 Å². The first-order valence-electron chi connectivity index (χ1n) is 9.32. The normalized spacial score (nSPS) is 56.4. The largest absolute Gasteiger partial charge is 0.0857 e. The first-order chi connectivity index (χ1) is 10.1. The minimum Gasteiger partial charge on any atom is -0.0857 e. The van der Waals surface area contributed by atoms with Gasteiger partial charge in [0, 0.05) is 8.35 Å². The van der Waals surface area contributed by atoms with Gasteiger partial charge in [0.1, 0.15) is 0 Å². The Kier molecular flexibility index (Phi) is 4.38. The fourth-order valence-corrected chi connectivity index (χ4v) is 11.0. The molecular formula is C19H30I2. The molecule has 0 aromatic carbocycles. The van der Waals surface area contributed by atoms with E-state index in [-0.39, 0.29) is 0 Å². The summed E-state index contributed by atoms with van der Waals surface area (Å²) in [5.41, 5.74) is 1.45. The lowest BCUT2D eigenvalue weighted by Gasteiger charge is -2.60. The van der Waals surface area contributed by atoms with Gasteiger partial charge in [0.2, 0.25) is 0 Å². The molecule has 4 aliphatic rings. The van der Waals surface area contributed by atoms with Crippen LogP contribution in [0.15, 0.2) is 0 Å². The summed E-state index contributed by atoms with van der Waals surface area (Å²) in [7, 11) is 0. The second kappa shape index (κ2) is 5.77. The average Bonchev–Trinajstić information content (AvgIpc) is 2.84. The lowest BCUT2D eigenvalue weighted by atomic mass is 9.45. The lowest BCUT2D eigenvalue weighted by molar-refractivity contribution is -0.0997. The van der Waals surface area contributed by atoms with Gasteiger partial charge in [-0.3, -0.25) is 0 Å². The molecule has 7 atom stereocenters. The van der Waals surface area contributed by atoms with E-state index in [9.17, 15) is 0 Å². The molecule has 0 aliphatic heterocycles. The van der Waals surface area contributed by atoms with E-state index in [1.807, 2.05) is 0 Å². The molecular weight excluding hydrogens is 482 g/mol. The summed E-state index contributed by atoms with van der Waals surface area (Å²) >= 11 is 5.55. The Hall–Kier alpha value is 1.46. The number of alkyl halides is 2. The summed E-state index contributed by atoms with van der Waals surface area (Å²) in [6.45, 7) is 2.71. The highest BCUT2D eigenvalue weighted by molar-refractivity contribution is 14.1. The quantitative estimate of drug-likeness (QED) is 0.273. The van der Waals surface area contributed by atoms with Crippen molar-refractivity contribution in [2.45, 2.75) is 75.1 Å². The molecule has 4 fully saturated rings. The summed E-state index contributed by atoms with van der Waals surface area (Å²) in [4.78, 5) is 0. The Morgan fingerprint density at radius 3 is 2.57 bits per heavy atom. The van der Waals surface area contributed by atoms with Crippen molar-refractivity contribution >= 4 is 45.2 Å². The van der Waals surface area contributed by atoms with Gasteiger partial charge < -0.3 is 0 Å². The smallest absolute Gasteiger partial charge is 0.0176 e. The predicted octanol–water partition coefficient (Wildman–Crippen LogP) is 6.64. The van der Waals surface area contributed by atoms with Crippen LogP contribution in [0.4, 0.5) is 0 Å². The van der Waals surface area contributed by atoms with E-state index >= 15 is 0 Å². The Bertz CT molecular complexity index is 408. The zero-order valence-corrected chi connectivity index (χ0v) is 17.7. The van der Waals surface area contributed by atoms with Gasteiger partial charge in [0.15, 0.2) is 0 Å². The number of hydrogen-bond acceptors (Lipinski definition) is 0. The highest BCUT2D eigenvalue weighted by atomic mass is 127. The third-order valence-corrected chi connectivity index (χ3v) is 11.7. The summed E-state index contributed by atoms with van der Waals surface area (Å²) in [6.07, 6.45) is 15.5. The monoisotopic (exact) mass is 512 g/mol. The highest BCUT2D eigenvalue weighted by Gasteiger charge is 2.60. The molecule has 0 aromatic heterocycles. The van der Waals surface area contributed by atoms with Gasteiger partial charge in [0.25, 0.3) is 0 Å². The molecule has 7 unspecified atom stereocenters. The van der Waals surface area contributed by atoms with Crippen LogP contribution < -0.4 is 0 Å². The summed E-state index contributed by atoms with van der Waals surface area (Å²) in [5.74, 6) is 4.33. The molecule has 0 aromatic rings. The van der Waals surface area contributed by atoms with Crippen molar-refractivity contribution in [3.63, 3.8) is 0 Å². The zero-order chi connectivity index (χ0) is 14.7. The van der Waals surface area contributed by atoms with Gasteiger partial charge in [-0.15, -0.1) is 0 Å². The van der Waals surface area contributed by atoms with E-state index in [4.69, 9.17) is 0 Å². The van der Waals surface area contributed by atoms with Crippen LogP contribution in [0.2, 0.25) is 0 Å². The van der Waals surface area contributed by atoms with Gasteiger partial charge in [0.05, 0.1) is 0 Å². The number of rotatable bonds is 1. The second-order valence-electron chi connectivity index (χ2n) is 8.85. The lowest BCUT2D eigenvalue weighted by Crippen LogP contribution is -2.54. The van der Waals surface area contributed by atoms with Crippen molar-refractivity contribution in [2.75, 3.05) is 4.43 Å². The standard InChI is InChI=1S/C19H30I2/c1-18-10-3-2-4-13(18)5-6-14-15(18)9-11-19(12-20)16(14)7-8-17(19)21/h13-17H,2-12H2,1H3. The minimum atomic E-state index is 0.722. The van der Waals surface area contributed by atoms with Crippen LogP contribution in [0.3, 0.4) is 0 Å². The van der Waals surface area contributed by atoms with E-state index in [1.165, 1.54) is 23.7 Å². The second-order valence-corrected chi connectivity index (χ2v) is 11.1. The van der Waals surface area contributed by atoms with Crippen LogP contribution in [-0.2, 0) is 0 Å². The topological polar surface area (TPSA) is 0 Å². The van der Waals surface area contributed by atoms with E-state index in [2.05, 4.69) is 52.1 Å². The molecule has 2 heteroatoms. The van der Waals surface area contributed by atoms with Gasteiger partial charge in [-0.05, 0) is 85.9 Å². The Morgan fingerprint density at radius 2 is 1.76 bits per heavy atom. The Labute approximate surface area is 158 Å². The fourth-order valence-electron chi connectivity index (χ4n) is 7.29. The molecule has 0 spiro atoms. The number of fused-ring (bicyclic) bond motifs is 5. The van der Waals surface area contributed by atoms with Crippen LogP contribution in [0.1, 0.15) is 71.1 Å². The molecule has 0 N–H and O–H groups in total. The molecule has 0 bridgehead atoms. The molecule has 4 saturated carbocycles. The molecule has 0 radical (unpaired) electrons. The molecule has 0 heterocycles. The maximum absolute atomic E-state index is 2.82. The van der Waals surface area contributed by atoms with Crippen LogP contribution in [0, 0.1) is 34.5 Å². The average molecular weight is 512 g/mol. The van der Waals surface area contributed by atoms with Crippen molar-refractivity contribution < 1.29 is 0 Å². The first kappa shape index (κ1) is 16.0. The molecule has 21 heavy (non-hydrogen) atoms. The van der Waals surface area contributed by atoms with Gasteiger partial charge in [-0.25, -0.2) is 0 Å². The summed E-state index contributed by atoms with van der Waals surface area (Å²) in [5, 5.41) is 0. The van der Waals surface area contributed by atoms with E-state index < -0.39 is 0 Å². The van der Waals surface area contributed by atoms with Gasteiger partial charge >= 0.3 is 0 Å². The zero-order valence-electron chi connectivity index (χ0n) is 13.4. The van der Waals surface area contributed by atoms with Crippen LogP contribution in [0.5, 0.6) is 0 Å². The number of hydrogen-bond donors (Lipinski definition) is 0. The van der Waals surface area contributed by atoms with Crippen molar-refractivity contribution in [1.29, 1.82) is 0 Å². The Morgan fingerprint density at radius 1 is 0.905 bits per heavy atom. The third kappa shape index (κ3) is 2.22. The van der Waals surface area contributed by atoms with E-state index in [0.717, 1.165) is 38.4 Å². The van der Waals surface area contributed by atoms with Crippen LogP contribution in [-0.4, -0.2) is 8.35 Å². The fraction of sp³-hybridized carbons (Fsp3) is 1.00. The van der Waals surface area contributed by atoms with Crippen LogP contribution in [0.25, 0.3) is 0 Å². The summed E-state index contributed by atoms with van der Waals surface area (Å²) in [6, 6.07) is 0. The Balaban J connectivity index is 1.65. The SMILES string of the molecule is CC12CCCCC1CCC1C2CCC2(CI)C(I)CCC12. The molecule has 4 rings (SSSR count). The van der Waals surface area contributed by atoms with Crippen molar-refractivity contribution in [3.05, 3.63) is 0 Å². The number of halogens is 2. The molecule has 0 saturated heterocycles. The predicted molar refractivity (Wildman–Crippen MR) is 107 cm³/mol. The maximum atomic E-state index is 2.82. The van der Waals surface area contributed by atoms with Crippen molar-refractivity contribution in [1.82, 2.24) is 0 Å². The third-order valence-electron chi connectivity index (χ3n) is 8.44. The molecule has 0 nitrogen and oxygen atoms in total. The summed E-state index contributed by atoms with van der Waals surface area (Å²) < 4.78 is 2.39. The van der Waals surface area contributed by atoms with E-state index in [0.29, 0.717) is 0 Å². The van der Waals surface area contributed by atoms with Gasteiger partial charge in [-0.1, -0.05) is 64.9 Å². The molecule has 4 aliphatic carbocycles. The van der Waals surface area contributed by atoms with Crippen molar-refractivity contribution in [2.24, 2.45) is 34.5 Å². The first-order valence-corrected chi connectivity index (χ1v) is 12.1. The van der Waals surface area contributed by atoms with Crippen LogP contribution >= 0.6 is 45.2 Å². The van der Waals surface area contributed by atoms with Crippen molar-refractivity contribution in [3.8, 4) is 0 Å². The van der Waals surface area contributed by atoms with Gasteiger partial charge in [-0.2, -0.15) is 0 Å².